The average molecular weight is 408 g/mol. The van der Waals surface area contributed by atoms with Crippen molar-refractivity contribution in [1.82, 2.24) is 4.90 Å². The predicted molar refractivity (Wildman–Crippen MR) is 108 cm³/mol. The zero-order valence-corrected chi connectivity index (χ0v) is 17.5. The number of amides is 1. The van der Waals surface area contributed by atoms with Gasteiger partial charge in [-0.2, -0.15) is 0 Å². The summed E-state index contributed by atoms with van der Waals surface area (Å²) in [5.74, 6) is 0.722. The Labute approximate surface area is 164 Å². The van der Waals surface area contributed by atoms with Crippen LogP contribution in [0, 0.1) is 20.8 Å². The highest BCUT2D eigenvalue weighted by atomic mass is 32.2. The largest absolute Gasteiger partial charge is 0.483 e. The third kappa shape index (κ3) is 4.71. The topological polar surface area (TPSA) is 63.7 Å². The molecule has 3 rings (SSSR count). The third-order valence-corrected chi connectivity index (χ3v) is 7.76. The second kappa shape index (κ2) is 8.02. The van der Waals surface area contributed by atoms with Crippen LogP contribution < -0.4 is 4.74 Å². The first-order valence-electron chi connectivity index (χ1n) is 8.99. The number of nitrogens with zero attached hydrogens (tertiary/aromatic N) is 1. The molecule has 0 N–H and O–H groups in total. The van der Waals surface area contributed by atoms with Crippen molar-refractivity contribution in [2.45, 2.75) is 39.8 Å². The van der Waals surface area contributed by atoms with E-state index >= 15 is 0 Å². The Hall–Kier alpha value is -1.86. The van der Waals surface area contributed by atoms with Gasteiger partial charge in [-0.3, -0.25) is 4.79 Å². The number of para-hydroxylation sites is 1. The number of hydrogen-bond acceptors (Lipinski definition) is 5. The molecule has 0 aliphatic carbocycles. The second-order valence-corrected chi connectivity index (χ2v) is 10.3. The summed E-state index contributed by atoms with van der Waals surface area (Å²) in [5.41, 5.74) is 3.08. The zero-order valence-electron chi connectivity index (χ0n) is 15.9. The maximum atomic E-state index is 13.0. The van der Waals surface area contributed by atoms with E-state index in [4.69, 9.17) is 4.74 Å². The van der Waals surface area contributed by atoms with Crippen LogP contribution in [0.2, 0.25) is 0 Å². The normalized spacial score (nSPS) is 18.4. The summed E-state index contributed by atoms with van der Waals surface area (Å²) in [6.45, 7) is 6.24. The maximum absolute atomic E-state index is 13.0. The first kappa shape index (κ1) is 19.9. The van der Waals surface area contributed by atoms with E-state index in [1.165, 1.54) is 0 Å². The number of sulfone groups is 1. The number of carbonyl (C=O) groups is 1. The van der Waals surface area contributed by atoms with Gasteiger partial charge in [-0.25, -0.2) is 8.42 Å². The molecule has 1 aromatic carbocycles. The maximum Gasteiger partial charge on any atom is 0.261 e. The molecule has 0 bridgehead atoms. The number of rotatable bonds is 6. The lowest BCUT2D eigenvalue weighted by Crippen LogP contribution is -2.43. The Morgan fingerprint density at radius 2 is 1.89 bits per heavy atom. The molecular weight excluding hydrogens is 382 g/mol. The van der Waals surface area contributed by atoms with Crippen molar-refractivity contribution in [2.75, 3.05) is 18.1 Å². The highest BCUT2D eigenvalue weighted by molar-refractivity contribution is 7.91. The zero-order chi connectivity index (χ0) is 19.6. The Morgan fingerprint density at radius 3 is 2.44 bits per heavy atom. The predicted octanol–water partition coefficient (Wildman–Crippen LogP) is 3.27. The SMILES string of the molecule is Cc1ccsc1CN(C(=O)COc1c(C)cccc1C)C1CCS(=O)(=O)C1. The van der Waals surface area contributed by atoms with Gasteiger partial charge in [0.25, 0.3) is 5.91 Å². The summed E-state index contributed by atoms with van der Waals surface area (Å²) >= 11 is 1.59. The number of thiophene rings is 1. The molecule has 27 heavy (non-hydrogen) atoms. The molecule has 0 radical (unpaired) electrons. The van der Waals surface area contributed by atoms with E-state index in [1.807, 2.05) is 50.4 Å². The van der Waals surface area contributed by atoms with E-state index in [9.17, 15) is 13.2 Å². The number of hydrogen-bond donors (Lipinski definition) is 0. The fourth-order valence-corrected chi connectivity index (χ4v) is 6.04. The first-order chi connectivity index (χ1) is 12.8. The lowest BCUT2D eigenvalue weighted by molar-refractivity contribution is -0.135. The van der Waals surface area contributed by atoms with Gasteiger partial charge in [-0.1, -0.05) is 18.2 Å². The minimum atomic E-state index is -3.07. The van der Waals surface area contributed by atoms with Gasteiger partial charge >= 0.3 is 0 Å². The molecule has 2 aromatic rings. The molecule has 5 nitrogen and oxygen atoms in total. The van der Waals surface area contributed by atoms with Gasteiger partial charge < -0.3 is 9.64 Å². The highest BCUT2D eigenvalue weighted by Gasteiger charge is 2.35. The van der Waals surface area contributed by atoms with Gasteiger partial charge in [0.1, 0.15) is 5.75 Å². The molecule has 146 valence electrons. The Morgan fingerprint density at radius 1 is 1.19 bits per heavy atom. The van der Waals surface area contributed by atoms with Crippen LogP contribution in [-0.2, 0) is 21.2 Å². The Bertz CT molecular complexity index is 913. The van der Waals surface area contributed by atoms with Crippen LogP contribution in [0.4, 0.5) is 0 Å². The smallest absolute Gasteiger partial charge is 0.261 e. The third-order valence-electron chi connectivity index (χ3n) is 5.00. The van der Waals surface area contributed by atoms with Crippen molar-refractivity contribution in [3.63, 3.8) is 0 Å². The van der Waals surface area contributed by atoms with Crippen molar-refractivity contribution in [3.8, 4) is 5.75 Å². The van der Waals surface area contributed by atoms with Gasteiger partial charge in [0.2, 0.25) is 0 Å². The molecule has 0 saturated carbocycles. The standard InChI is InChI=1S/C20H25NO4S2/c1-14-7-9-26-18(14)11-21(17-8-10-27(23,24)13-17)19(22)12-25-20-15(2)5-4-6-16(20)3/h4-7,9,17H,8,10-13H2,1-3H3. The van der Waals surface area contributed by atoms with Crippen LogP contribution in [0.5, 0.6) is 5.75 Å². The fraction of sp³-hybridized carbons (Fsp3) is 0.450. The van der Waals surface area contributed by atoms with Crippen LogP contribution in [0.25, 0.3) is 0 Å². The molecule has 1 fully saturated rings. The highest BCUT2D eigenvalue weighted by Crippen LogP contribution is 2.26. The van der Waals surface area contributed by atoms with Crippen LogP contribution in [0.3, 0.4) is 0 Å². The number of aryl methyl sites for hydroxylation is 3. The molecular formula is C20H25NO4S2. The van der Waals surface area contributed by atoms with E-state index in [0.717, 1.165) is 27.3 Å². The quantitative estimate of drug-likeness (QED) is 0.737. The number of benzene rings is 1. The van der Waals surface area contributed by atoms with Crippen LogP contribution in [-0.4, -0.2) is 43.4 Å². The first-order valence-corrected chi connectivity index (χ1v) is 11.7. The van der Waals surface area contributed by atoms with Gasteiger partial charge in [0.05, 0.1) is 18.1 Å². The van der Waals surface area contributed by atoms with Gasteiger partial charge in [-0.15, -0.1) is 11.3 Å². The van der Waals surface area contributed by atoms with Gasteiger partial charge in [0, 0.05) is 10.9 Å². The van der Waals surface area contributed by atoms with E-state index in [2.05, 4.69) is 0 Å². The van der Waals surface area contributed by atoms with Gasteiger partial charge in [-0.05, 0) is 55.3 Å². The number of carbonyl (C=O) groups excluding carboxylic acids is 1. The molecule has 2 heterocycles. The molecule has 1 atom stereocenters. The molecule has 1 aromatic heterocycles. The van der Waals surface area contributed by atoms with Crippen molar-refractivity contribution >= 4 is 27.1 Å². The van der Waals surface area contributed by atoms with Crippen molar-refractivity contribution < 1.29 is 17.9 Å². The van der Waals surface area contributed by atoms with Crippen molar-refractivity contribution in [3.05, 3.63) is 51.2 Å². The molecule has 1 amide bonds. The van der Waals surface area contributed by atoms with Crippen LogP contribution in [0.15, 0.2) is 29.6 Å². The Kier molecular flexibility index (Phi) is 5.91. The summed E-state index contributed by atoms with van der Waals surface area (Å²) in [4.78, 5) is 15.8. The van der Waals surface area contributed by atoms with E-state index in [0.29, 0.717) is 13.0 Å². The lowest BCUT2D eigenvalue weighted by atomic mass is 10.1. The molecule has 1 aliphatic heterocycles. The molecule has 1 unspecified atom stereocenters. The fourth-order valence-electron chi connectivity index (χ4n) is 3.41. The van der Waals surface area contributed by atoms with Gasteiger partial charge in [0.15, 0.2) is 16.4 Å². The van der Waals surface area contributed by atoms with E-state index < -0.39 is 9.84 Å². The molecule has 1 aliphatic rings. The summed E-state index contributed by atoms with van der Waals surface area (Å²) in [7, 11) is -3.07. The minimum Gasteiger partial charge on any atom is -0.483 e. The summed E-state index contributed by atoms with van der Waals surface area (Å²) < 4.78 is 29.7. The average Bonchev–Trinajstić information content (AvgIpc) is 3.16. The number of ether oxygens (including phenoxy) is 1. The van der Waals surface area contributed by atoms with Crippen LogP contribution in [0.1, 0.15) is 28.0 Å². The summed E-state index contributed by atoms with van der Waals surface area (Å²) in [5, 5.41) is 1.99. The molecule has 0 spiro atoms. The van der Waals surface area contributed by atoms with Crippen LogP contribution >= 0.6 is 11.3 Å². The monoisotopic (exact) mass is 407 g/mol. The van der Waals surface area contributed by atoms with E-state index in [-0.39, 0.29) is 30.1 Å². The second-order valence-electron chi connectivity index (χ2n) is 7.11. The summed E-state index contributed by atoms with van der Waals surface area (Å²) in [6, 6.07) is 7.58. The van der Waals surface area contributed by atoms with Crippen molar-refractivity contribution in [2.24, 2.45) is 0 Å². The Balaban J connectivity index is 1.77. The van der Waals surface area contributed by atoms with Crippen molar-refractivity contribution in [1.29, 1.82) is 0 Å². The summed E-state index contributed by atoms with van der Waals surface area (Å²) in [6.07, 6.45) is 0.488. The molecule has 1 saturated heterocycles. The lowest BCUT2D eigenvalue weighted by Gasteiger charge is -2.28. The van der Waals surface area contributed by atoms with E-state index in [1.54, 1.807) is 16.2 Å². The molecule has 7 heteroatoms. The minimum absolute atomic E-state index is 0.0343.